The van der Waals surface area contributed by atoms with Crippen molar-refractivity contribution in [2.75, 3.05) is 0 Å². The van der Waals surface area contributed by atoms with Crippen LogP contribution < -0.4 is 5.32 Å². The predicted octanol–water partition coefficient (Wildman–Crippen LogP) is 5.56. The first-order valence-corrected chi connectivity index (χ1v) is 12.4. The second kappa shape index (κ2) is 9.95. The fourth-order valence-electron chi connectivity index (χ4n) is 4.60. The molecular weight excluding hydrogens is 416 g/mol. The van der Waals surface area contributed by atoms with E-state index in [1.807, 2.05) is 44.2 Å². The molecular formula is C27H32N2O2S. The number of thioether (sulfide) groups is 1. The van der Waals surface area contributed by atoms with Gasteiger partial charge in [0.1, 0.15) is 0 Å². The molecule has 168 valence electrons. The number of carbonyl (C=O) groups excluding carboxylic acids is 2. The number of carbonyl (C=O) groups is 2. The lowest BCUT2D eigenvalue weighted by molar-refractivity contribution is -0.130. The van der Waals surface area contributed by atoms with Crippen molar-refractivity contribution >= 4 is 29.7 Å². The first kappa shape index (κ1) is 22.7. The molecule has 32 heavy (non-hydrogen) atoms. The molecule has 0 bridgehead atoms. The number of benzene rings is 2. The summed E-state index contributed by atoms with van der Waals surface area (Å²) in [4.78, 5) is 28.7. The molecule has 1 saturated carbocycles. The van der Waals surface area contributed by atoms with Crippen LogP contribution in [0.15, 0.2) is 53.4 Å². The average molecular weight is 449 g/mol. The molecule has 0 spiro atoms. The number of nitrogens with zero attached hydrogens (tertiary/aromatic N) is 1. The zero-order chi connectivity index (χ0) is 22.7. The minimum Gasteiger partial charge on any atom is -0.350 e. The van der Waals surface area contributed by atoms with Crippen LogP contribution in [0.1, 0.15) is 66.6 Å². The molecule has 5 heteroatoms. The smallest absolute Gasteiger partial charge is 0.260 e. The molecule has 1 aliphatic heterocycles. The number of hydrogen-bond donors (Lipinski definition) is 1. The van der Waals surface area contributed by atoms with E-state index in [1.165, 1.54) is 24.0 Å². The molecule has 1 heterocycles. The maximum absolute atomic E-state index is 13.5. The van der Waals surface area contributed by atoms with Gasteiger partial charge in [-0.2, -0.15) is 0 Å². The van der Waals surface area contributed by atoms with Gasteiger partial charge in [0, 0.05) is 29.4 Å². The van der Waals surface area contributed by atoms with Gasteiger partial charge in [0.05, 0.1) is 4.91 Å². The summed E-state index contributed by atoms with van der Waals surface area (Å²) in [5.41, 5.74) is 4.00. The fourth-order valence-corrected chi connectivity index (χ4v) is 6.07. The minimum absolute atomic E-state index is 0.0725. The highest BCUT2D eigenvalue weighted by Crippen LogP contribution is 2.42. The summed E-state index contributed by atoms with van der Waals surface area (Å²) in [6, 6.07) is 16.4. The molecule has 2 aromatic rings. The molecule has 4 rings (SSSR count). The number of aryl methyl sites for hydroxylation is 1. The van der Waals surface area contributed by atoms with Crippen molar-refractivity contribution in [3.8, 4) is 0 Å². The Kier molecular flexibility index (Phi) is 7.04. The molecule has 1 aliphatic carbocycles. The van der Waals surface area contributed by atoms with Crippen molar-refractivity contribution in [1.82, 2.24) is 10.2 Å². The van der Waals surface area contributed by atoms with E-state index in [4.69, 9.17) is 0 Å². The van der Waals surface area contributed by atoms with Crippen molar-refractivity contribution in [2.24, 2.45) is 0 Å². The Morgan fingerprint density at radius 1 is 1.16 bits per heavy atom. The lowest BCUT2D eigenvalue weighted by atomic mass is 9.92. The first-order chi connectivity index (χ1) is 15.4. The van der Waals surface area contributed by atoms with Gasteiger partial charge in [0.15, 0.2) is 0 Å². The Labute approximate surface area is 195 Å². The molecule has 2 atom stereocenters. The Hall–Kier alpha value is -2.53. The third kappa shape index (κ3) is 5.26. The fraction of sp³-hybridized carbons (Fsp3) is 0.407. The topological polar surface area (TPSA) is 49.4 Å². The molecule has 2 aromatic carbocycles. The molecule has 2 unspecified atom stereocenters. The van der Waals surface area contributed by atoms with E-state index < -0.39 is 0 Å². The first-order valence-electron chi connectivity index (χ1n) is 11.6. The van der Waals surface area contributed by atoms with Gasteiger partial charge in [-0.15, -0.1) is 11.8 Å². The number of rotatable bonds is 5. The molecule has 1 N–H and O–H groups in total. The Morgan fingerprint density at radius 2 is 1.91 bits per heavy atom. The van der Waals surface area contributed by atoms with E-state index in [0.29, 0.717) is 23.4 Å². The van der Waals surface area contributed by atoms with Crippen LogP contribution in [0.5, 0.6) is 0 Å². The molecule has 2 amide bonds. The standard InChI is InChI=1S/C27H32N2O2S/c1-18(2)28-26(30)22-13-11-20(12-14-22)16-25-27(31)29(17-21-8-6-7-19(3)15-21)23-9-4-5-10-24(23)32-25/h6-8,11-16,18,23-24H,4-5,9-10,17H2,1-3H3,(H,28,30)/b25-16+. The molecule has 0 aromatic heterocycles. The van der Waals surface area contributed by atoms with Crippen molar-refractivity contribution in [1.29, 1.82) is 0 Å². The van der Waals surface area contributed by atoms with Crippen LogP contribution in [-0.4, -0.2) is 34.0 Å². The number of amides is 2. The number of hydrogen-bond acceptors (Lipinski definition) is 3. The minimum atomic E-state index is -0.0725. The maximum atomic E-state index is 13.5. The summed E-state index contributed by atoms with van der Waals surface area (Å²) in [6.07, 6.45) is 6.65. The monoisotopic (exact) mass is 448 g/mol. The predicted molar refractivity (Wildman–Crippen MR) is 132 cm³/mol. The van der Waals surface area contributed by atoms with Crippen molar-refractivity contribution < 1.29 is 9.59 Å². The summed E-state index contributed by atoms with van der Waals surface area (Å²) >= 11 is 1.75. The van der Waals surface area contributed by atoms with Gasteiger partial charge in [-0.25, -0.2) is 0 Å². The van der Waals surface area contributed by atoms with Crippen LogP contribution in [0, 0.1) is 6.92 Å². The number of nitrogens with one attached hydrogen (secondary N) is 1. The molecule has 4 nitrogen and oxygen atoms in total. The van der Waals surface area contributed by atoms with Crippen molar-refractivity contribution in [2.45, 2.75) is 70.3 Å². The van der Waals surface area contributed by atoms with Crippen LogP contribution in [0.25, 0.3) is 6.08 Å². The lowest BCUT2D eigenvalue weighted by Gasteiger charge is -2.44. The highest BCUT2D eigenvalue weighted by Gasteiger charge is 2.40. The highest BCUT2D eigenvalue weighted by atomic mass is 32.2. The largest absolute Gasteiger partial charge is 0.350 e. The molecule has 2 fully saturated rings. The summed E-state index contributed by atoms with van der Waals surface area (Å²) < 4.78 is 0. The maximum Gasteiger partial charge on any atom is 0.260 e. The second-order valence-electron chi connectivity index (χ2n) is 9.19. The van der Waals surface area contributed by atoms with Gasteiger partial charge in [0.2, 0.25) is 0 Å². The average Bonchev–Trinajstić information content (AvgIpc) is 2.76. The van der Waals surface area contributed by atoms with Crippen LogP contribution in [0.3, 0.4) is 0 Å². The zero-order valence-corrected chi connectivity index (χ0v) is 20.0. The molecule has 0 radical (unpaired) electrons. The van der Waals surface area contributed by atoms with E-state index in [0.717, 1.165) is 23.3 Å². The quantitative estimate of drug-likeness (QED) is 0.609. The van der Waals surface area contributed by atoms with E-state index in [1.54, 1.807) is 11.8 Å². The summed E-state index contributed by atoms with van der Waals surface area (Å²) in [5, 5.41) is 3.36. The summed E-state index contributed by atoms with van der Waals surface area (Å²) in [5.74, 6) is 0.0537. The van der Waals surface area contributed by atoms with E-state index in [2.05, 4.69) is 41.4 Å². The van der Waals surface area contributed by atoms with Gasteiger partial charge in [-0.1, -0.05) is 54.8 Å². The highest BCUT2D eigenvalue weighted by molar-refractivity contribution is 8.04. The number of fused-ring (bicyclic) bond motifs is 1. The summed E-state index contributed by atoms with van der Waals surface area (Å²) in [6.45, 7) is 6.65. The SMILES string of the molecule is Cc1cccc(CN2C(=O)/C(=C\c3ccc(C(=O)NC(C)C)cc3)SC3CCCCC32)c1. The third-order valence-corrected chi connectivity index (χ3v) is 7.54. The van der Waals surface area contributed by atoms with E-state index in [-0.39, 0.29) is 17.9 Å². The third-order valence-electron chi connectivity index (χ3n) is 6.14. The van der Waals surface area contributed by atoms with Crippen LogP contribution >= 0.6 is 11.8 Å². The zero-order valence-electron chi connectivity index (χ0n) is 19.1. The van der Waals surface area contributed by atoms with Crippen molar-refractivity contribution in [3.05, 3.63) is 75.7 Å². The molecule has 1 saturated heterocycles. The van der Waals surface area contributed by atoms with Gasteiger partial charge < -0.3 is 10.2 Å². The van der Waals surface area contributed by atoms with Crippen LogP contribution in [-0.2, 0) is 11.3 Å². The normalized spacial score (nSPS) is 22.2. The molecule has 2 aliphatic rings. The van der Waals surface area contributed by atoms with Gasteiger partial charge in [-0.3, -0.25) is 9.59 Å². The lowest BCUT2D eigenvalue weighted by Crippen LogP contribution is -2.50. The summed E-state index contributed by atoms with van der Waals surface area (Å²) in [7, 11) is 0. The van der Waals surface area contributed by atoms with Gasteiger partial charge >= 0.3 is 0 Å². The van der Waals surface area contributed by atoms with Crippen LogP contribution in [0.4, 0.5) is 0 Å². The van der Waals surface area contributed by atoms with Gasteiger partial charge in [0.25, 0.3) is 11.8 Å². The second-order valence-corrected chi connectivity index (χ2v) is 10.5. The Morgan fingerprint density at radius 3 is 2.62 bits per heavy atom. The van der Waals surface area contributed by atoms with Gasteiger partial charge in [-0.05, 0) is 62.9 Å². The Bertz CT molecular complexity index is 1010. The van der Waals surface area contributed by atoms with Crippen LogP contribution in [0.2, 0.25) is 0 Å². The Balaban J connectivity index is 1.57. The van der Waals surface area contributed by atoms with E-state index in [9.17, 15) is 9.59 Å². The van der Waals surface area contributed by atoms with Crippen molar-refractivity contribution in [3.63, 3.8) is 0 Å². The van der Waals surface area contributed by atoms with E-state index >= 15 is 0 Å².